The second kappa shape index (κ2) is 11.3. The Hall–Kier alpha value is -4.08. The van der Waals surface area contributed by atoms with Crippen LogP contribution in [0.5, 0.6) is 0 Å². The molecule has 0 saturated carbocycles. The largest absolute Gasteiger partial charge is 0.416 e. The van der Waals surface area contributed by atoms with Gasteiger partial charge in [-0.05, 0) is 50.2 Å². The molecule has 12 nitrogen and oxygen atoms in total. The minimum atomic E-state index is -4.95. The third kappa shape index (κ3) is 6.22. The fraction of sp³-hybridized carbons (Fsp3) is 0.385. The summed E-state index contributed by atoms with van der Waals surface area (Å²) >= 11 is 5.93. The molecule has 1 atom stereocenters. The fourth-order valence-corrected chi connectivity index (χ4v) is 4.63. The molecule has 4 aromatic rings. The van der Waals surface area contributed by atoms with Gasteiger partial charge in [0.2, 0.25) is 0 Å². The van der Waals surface area contributed by atoms with Crippen molar-refractivity contribution in [2.45, 2.75) is 44.8 Å². The van der Waals surface area contributed by atoms with Crippen LogP contribution in [0, 0.1) is 0 Å². The van der Waals surface area contributed by atoms with E-state index < -0.39 is 30.1 Å². The quantitative estimate of drug-likeness (QED) is 0.339. The number of ether oxygens (including phenoxy) is 1. The van der Waals surface area contributed by atoms with Crippen molar-refractivity contribution >= 4 is 17.5 Å². The average Bonchev–Trinajstić information content (AvgIpc) is 3.52. The maximum atomic E-state index is 13.4. The highest BCUT2D eigenvalue weighted by atomic mass is 35.5. The van der Waals surface area contributed by atoms with E-state index in [4.69, 9.17) is 16.3 Å². The summed E-state index contributed by atoms with van der Waals surface area (Å²) in [5, 5.41) is 18.6. The Kier molecular flexibility index (Phi) is 7.92. The lowest BCUT2D eigenvalue weighted by Gasteiger charge is -2.38. The molecule has 1 amide bonds. The van der Waals surface area contributed by atoms with Crippen molar-refractivity contribution < 1.29 is 27.8 Å². The van der Waals surface area contributed by atoms with E-state index >= 15 is 0 Å². The molecule has 1 aliphatic rings. The number of carbonyl (C=O) groups is 1. The molecule has 0 aliphatic carbocycles. The summed E-state index contributed by atoms with van der Waals surface area (Å²) in [5.41, 5.74) is -0.626. The highest BCUT2D eigenvalue weighted by molar-refractivity contribution is 6.30. The van der Waals surface area contributed by atoms with Crippen LogP contribution < -0.4 is 5.69 Å². The number of nitrogens with zero attached hydrogens (tertiary/aromatic N) is 8. The first-order valence-corrected chi connectivity index (χ1v) is 13.2. The third-order valence-corrected chi connectivity index (χ3v) is 6.79. The van der Waals surface area contributed by atoms with Gasteiger partial charge in [0.25, 0.3) is 5.91 Å². The van der Waals surface area contributed by atoms with Crippen molar-refractivity contribution in [3.05, 3.63) is 75.9 Å². The Morgan fingerprint density at radius 1 is 1.17 bits per heavy atom. The van der Waals surface area contributed by atoms with Gasteiger partial charge >= 0.3 is 11.9 Å². The number of halogens is 4. The number of aromatic nitrogens is 7. The summed E-state index contributed by atoms with van der Waals surface area (Å²) in [4.78, 5) is 36.7. The zero-order valence-electron chi connectivity index (χ0n) is 22.5. The van der Waals surface area contributed by atoms with Crippen molar-refractivity contribution in [2.24, 2.45) is 0 Å². The number of pyridine rings is 1. The smallest absolute Gasteiger partial charge is 0.382 e. The second-order valence-corrected chi connectivity index (χ2v) is 10.7. The molecule has 0 bridgehead atoms. The van der Waals surface area contributed by atoms with E-state index in [0.29, 0.717) is 36.0 Å². The lowest BCUT2D eigenvalue weighted by molar-refractivity contribution is -0.207. The Morgan fingerprint density at radius 2 is 1.90 bits per heavy atom. The average molecular weight is 607 g/mol. The standard InChI is InChI=1S/C26H26ClF3N8O4/c1-25(2)14-35(10-11-42-25)23(40)21-18(4-3-9-31-21)38-15-32-20(33-38)13-37-24(41)36(12-19(39)26(28,29)30)22(34-37)16-5-7-17(27)8-6-16/h3-9,15,19,39H,10-14H2,1-2H3/t19-/m1/s1. The van der Waals surface area contributed by atoms with E-state index in [1.807, 2.05) is 13.8 Å². The van der Waals surface area contributed by atoms with Crippen LogP contribution in [0.15, 0.2) is 53.7 Å². The van der Waals surface area contributed by atoms with E-state index in [-0.39, 0.29) is 29.8 Å². The Morgan fingerprint density at radius 3 is 2.60 bits per heavy atom. The van der Waals surface area contributed by atoms with Crippen molar-refractivity contribution in [3.8, 4) is 17.1 Å². The summed E-state index contributed by atoms with van der Waals surface area (Å²) in [5.74, 6) is -0.326. The van der Waals surface area contributed by atoms with Gasteiger partial charge < -0.3 is 14.7 Å². The van der Waals surface area contributed by atoms with Crippen molar-refractivity contribution in [3.63, 3.8) is 0 Å². The third-order valence-electron chi connectivity index (χ3n) is 6.54. The fourth-order valence-electron chi connectivity index (χ4n) is 4.50. The molecule has 16 heteroatoms. The molecule has 222 valence electrons. The summed E-state index contributed by atoms with van der Waals surface area (Å²) in [6, 6.07) is 9.26. The van der Waals surface area contributed by atoms with Gasteiger partial charge in [0.15, 0.2) is 23.4 Å². The number of amides is 1. The maximum Gasteiger partial charge on any atom is 0.416 e. The molecule has 4 heterocycles. The molecule has 1 aromatic carbocycles. The predicted octanol–water partition coefficient (Wildman–Crippen LogP) is 2.56. The minimum absolute atomic E-state index is 0.0931. The highest BCUT2D eigenvalue weighted by Crippen LogP contribution is 2.24. The van der Waals surface area contributed by atoms with E-state index in [9.17, 15) is 27.9 Å². The minimum Gasteiger partial charge on any atom is -0.382 e. The van der Waals surface area contributed by atoms with Crippen LogP contribution in [-0.2, 0) is 17.8 Å². The van der Waals surface area contributed by atoms with Gasteiger partial charge in [-0.3, -0.25) is 9.36 Å². The molecule has 0 unspecified atom stereocenters. The van der Waals surface area contributed by atoms with Crippen LogP contribution in [0.25, 0.3) is 17.1 Å². The molecule has 1 saturated heterocycles. The number of carbonyl (C=O) groups excluding carboxylic acids is 1. The van der Waals surface area contributed by atoms with Gasteiger partial charge in [-0.15, -0.1) is 10.2 Å². The van der Waals surface area contributed by atoms with Gasteiger partial charge in [-0.25, -0.2) is 24.1 Å². The van der Waals surface area contributed by atoms with E-state index in [2.05, 4.69) is 20.2 Å². The SMILES string of the molecule is CC1(C)CN(C(=O)c2ncccc2-n2cnc(Cn3nc(-c4ccc(Cl)cc4)n(C[C@@H](O)C(F)(F)F)c3=O)n2)CCO1. The topological polar surface area (TPSA) is 133 Å². The number of benzene rings is 1. The predicted molar refractivity (Wildman–Crippen MR) is 143 cm³/mol. The first-order chi connectivity index (χ1) is 19.8. The Balaban J connectivity index is 1.45. The van der Waals surface area contributed by atoms with Crippen molar-refractivity contribution in [1.29, 1.82) is 0 Å². The molecular weight excluding hydrogens is 581 g/mol. The van der Waals surface area contributed by atoms with Crippen LogP contribution >= 0.6 is 11.6 Å². The lowest BCUT2D eigenvalue weighted by Crippen LogP contribution is -2.50. The Labute approximate surface area is 241 Å². The highest BCUT2D eigenvalue weighted by Gasteiger charge is 2.39. The Bertz CT molecular complexity index is 1650. The number of alkyl halides is 3. The van der Waals surface area contributed by atoms with Crippen LogP contribution in [-0.4, -0.2) is 87.6 Å². The monoisotopic (exact) mass is 606 g/mol. The van der Waals surface area contributed by atoms with E-state index in [1.54, 1.807) is 17.0 Å². The number of rotatable bonds is 7. The molecule has 1 fully saturated rings. The normalized spacial score (nSPS) is 16.0. The second-order valence-electron chi connectivity index (χ2n) is 10.3. The summed E-state index contributed by atoms with van der Waals surface area (Å²) in [7, 11) is 0. The summed E-state index contributed by atoms with van der Waals surface area (Å²) < 4.78 is 48.1. The number of hydrogen-bond donors (Lipinski definition) is 1. The molecule has 0 spiro atoms. The molecule has 1 aliphatic heterocycles. The maximum absolute atomic E-state index is 13.4. The molecule has 0 radical (unpaired) electrons. The lowest BCUT2D eigenvalue weighted by atomic mass is 10.1. The summed E-state index contributed by atoms with van der Waals surface area (Å²) in [6.45, 7) is 3.56. The van der Waals surface area contributed by atoms with Gasteiger partial charge in [0.05, 0.1) is 24.4 Å². The number of morpholine rings is 1. The first kappa shape index (κ1) is 29.4. The van der Waals surface area contributed by atoms with Gasteiger partial charge in [0, 0.05) is 29.9 Å². The van der Waals surface area contributed by atoms with Gasteiger partial charge in [0.1, 0.15) is 12.9 Å². The molecule has 5 rings (SSSR count). The molecule has 1 N–H and O–H groups in total. The zero-order chi connectivity index (χ0) is 30.2. The van der Waals surface area contributed by atoms with Crippen LogP contribution in [0.4, 0.5) is 13.2 Å². The summed E-state index contributed by atoms with van der Waals surface area (Å²) in [6.07, 6.45) is -4.92. The van der Waals surface area contributed by atoms with E-state index in [1.165, 1.54) is 41.5 Å². The van der Waals surface area contributed by atoms with Gasteiger partial charge in [-0.1, -0.05) is 11.6 Å². The number of hydrogen-bond acceptors (Lipinski definition) is 8. The first-order valence-electron chi connectivity index (χ1n) is 12.8. The van der Waals surface area contributed by atoms with Crippen LogP contribution in [0.3, 0.4) is 0 Å². The van der Waals surface area contributed by atoms with Crippen LogP contribution in [0.1, 0.15) is 30.2 Å². The van der Waals surface area contributed by atoms with Crippen molar-refractivity contribution in [2.75, 3.05) is 19.7 Å². The van der Waals surface area contributed by atoms with Crippen molar-refractivity contribution in [1.82, 2.24) is 39.0 Å². The van der Waals surface area contributed by atoms with E-state index in [0.717, 1.165) is 9.25 Å². The molecule has 3 aromatic heterocycles. The molecule has 42 heavy (non-hydrogen) atoms. The van der Waals surface area contributed by atoms with Gasteiger partial charge in [-0.2, -0.15) is 13.2 Å². The number of aliphatic hydroxyl groups is 1. The molecular formula is C26H26ClF3N8O4. The number of aliphatic hydroxyl groups excluding tert-OH is 1. The zero-order valence-corrected chi connectivity index (χ0v) is 23.2. The van der Waals surface area contributed by atoms with Crippen LogP contribution in [0.2, 0.25) is 5.02 Å².